The van der Waals surface area contributed by atoms with Gasteiger partial charge in [0.25, 0.3) is 0 Å². The van der Waals surface area contributed by atoms with Gasteiger partial charge in [-0.3, -0.25) is 0 Å². The Morgan fingerprint density at radius 3 is 2.60 bits per heavy atom. The van der Waals surface area contributed by atoms with Crippen molar-refractivity contribution < 1.29 is 9.52 Å². The molecule has 0 spiro atoms. The number of rotatable bonds is 7. The van der Waals surface area contributed by atoms with E-state index in [0.717, 1.165) is 24.1 Å². The summed E-state index contributed by atoms with van der Waals surface area (Å²) in [6.45, 7) is 4.09. The maximum absolute atomic E-state index is 12.7. The molecule has 0 amide bonds. The van der Waals surface area contributed by atoms with E-state index in [9.17, 15) is 9.90 Å². The SMILES string of the molecule is CCC(Cc1ccsc1)c1cc(O)c(C(CC)c2cccs2)c(=O)o1. The molecule has 3 heterocycles. The Kier molecular flexibility index (Phi) is 5.76. The monoisotopic (exact) mass is 374 g/mol. The molecule has 0 aliphatic carbocycles. The van der Waals surface area contributed by atoms with Gasteiger partial charge in [-0.15, -0.1) is 11.3 Å². The molecular weight excluding hydrogens is 352 g/mol. The second kappa shape index (κ2) is 8.02. The second-order valence-electron chi connectivity index (χ2n) is 6.15. The lowest BCUT2D eigenvalue weighted by molar-refractivity contribution is 0.382. The topological polar surface area (TPSA) is 50.4 Å². The molecule has 1 N–H and O–H groups in total. The minimum absolute atomic E-state index is 0.0512. The van der Waals surface area contributed by atoms with E-state index in [4.69, 9.17) is 4.42 Å². The average Bonchev–Trinajstić information content (AvgIpc) is 3.29. The normalized spacial score (nSPS) is 13.7. The van der Waals surface area contributed by atoms with Gasteiger partial charge in [0, 0.05) is 22.8 Å². The van der Waals surface area contributed by atoms with Crippen molar-refractivity contribution in [1.29, 1.82) is 0 Å². The van der Waals surface area contributed by atoms with Crippen molar-refractivity contribution in [2.45, 2.75) is 44.9 Å². The van der Waals surface area contributed by atoms with Gasteiger partial charge < -0.3 is 9.52 Å². The zero-order valence-corrected chi connectivity index (χ0v) is 16.0. The van der Waals surface area contributed by atoms with Crippen LogP contribution in [0.25, 0.3) is 0 Å². The van der Waals surface area contributed by atoms with Gasteiger partial charge in [-0.05, 0) is 53.1 Å². The lowest BCUT2D eigenvalue weighted by Gasteiger charge is -2.17. The van der Waals surface area contributed by atoms with Crippen molar-refractivity contribution in [3.63, 3.8) is 0 Å². The molecule has 0 aromatic carbocycles. The zero-order valence-electron chi connectivity index (χ0n) is 14.4. The third kappa shape index (κ3) is 3.88. The Balaban J connectivity index is 1.95. The highest BCUT2D eigenvalue weighted by atomic mass is 32.1. The summed E-state index contributed by atoms with van der Waals surface area (Å²) >= 11 is 3.26. The van der Waals surface area contributed by atoms with E-state index in [-0.39, 0.29) is 17.6 Å². The van der Waals surface area contributed by atoms with Crippen LogP contribution in [0.5, 0.6) is 5.75 Å². The van der Waals surface area contributed by atoms with Gasteiger partial charge in [0.2, 0.25) is 0 Å². The van der Waals surface area contributed by atoms with E-state index >= 15 is 0 Å². The number of aromatic hydroxyl groups is 1. The zero-order chi connectivity index (χ0) is 17.8. The standard InChI is InChI=1S/C20H22O3S2/c1-3-14(10-13-7-9-24-12-13)17-11-16(21)19(20(22)23-17)15(4-2)18-6-5-8-25-18/h5-9,11-12,14-15,21H,3-4,10H2,1-2H3. The first-order chi connectivity index (χ1) is 12.1. The van der Waals surface area contributed by atoms with Crippen LogP contribution in [0.4, 0.5) is 0 Å². The van der Waals surface area contributed by atoms with Gasteiger partial charge in [-0.25, -0.2) is 4.79 Å². The van der Waals surface area contributed by atoms with Crippen LogP contribution in [0.15, 0.2) is 49.6 Å². The van der Waals surface area contributed by atoms with E-state index in [1.165, 1.54) is 5.56 Å². The highest BCUT2D eigenvalue weighted by Crippen LogP contribution is 2.36. The highest BCUT2D eigenvalue weighted by molar-refractivity contribution is 7.10. The molecule has 0 bridgehead atoms. The Hall–Kier alpha value is -1.85. The molecule has 5 heteroatoms. The van der Waals surface area contributed by atoms with Crippen LogP contribution >= 0.6 is 22.7 Å². The number of hydrogen-bond acceptors (Lipinski definition) is 5. The smallest absolute Gasteiger partial charge is 0.343 e. The Labute approximate surface area is 155 Å². The molecule has 25 heavy (non-hydrogen) atoms. The third-order valence-corrected chi connectivity index (χ3v) is 6.30. The van der Waals surface area contributed by atoms with Gasteiger partial charge in [0.1, 0.15) is 11.5 Å². The van der Waals surface area contributed by atoms with Crippen LogP contribution in [-0.4, -0.2) is 5.11 Å². The quantitative estimate of drug-likeness (QED) is 0.573. The van der Waals surface area contributed by atoms with Crippen molar-refractivity contribution in [1.82, 2.24) is 0 Å². The molecule has 3 rings (SSSR count). The Morgan fingerprint density at radius 1 is 1.20 bits per heavy atom. The van der Waals surface area contributed by atoms with Crippen molar-refractivity contribution in [2.24, 2.45) is 0 Å². The molecule has 0 fully saturated rings. The van der Waals surface area contributed by atoms with Crippen molar-refractivity contribution in [3.8, 4) is 5.75 Å². The fraction of sp³-hybridized carbons (Fsp3) is 0.350. The minimum Gasteiger partial charge on any atom is -0.507 e. The molecule has 2 atom stereocenters. The summed E-state index contributed by atoms with van der Waals surface area (Å²) in [5.41, 5.74) is 1.19. The fourth-order valence-electron chi connectivity index (χ4n) is 3.21. The summed E-state index contributed by atoms with van der Waals surface area (Å²) in [7, 11) is 0. The van der Waals surface area contributed by atoms with E-state index in [1.807, 2.05) is 29.8 Å². The van der Waals surface area contributed by atoms with E-state index in [0.29, 0.717) is 11.3 Å². The molecule has 3 nitrogen and oxygen atoms in total. The minimum atomic E-state index is -0.418. The van der Waals surface area contributed by atoms with Gasteiger partial charge in [-0.1, -0.05) is 19.9 Å². The summed E-state index contributed by atoms with van der Waals surface area (Å²) in [5, 5.41) is 16.7. The summed E-state index contributed by atoms with van der Waals surface area (Å²) in [6.07, 6.45) is 2.40. The van der Waals surface area contributed by atoms with Crippen LogP contribution in [0.3, 0.4) is 0 Å². The predicted octanol–water partition coefficient (Wildman–Crippen LogP) is 5.75. The molecule has 132 valence electrons. The fourth-order valence-corrected chi connectivity index (χ4v) is 4.81. The van der Waals surface area contributed by atoms with Gasteiger partial charge in [0.15, 0.2) is 0 Å². The van der Waals surface area contributed by atoms with Crippen LogP contribution in [0.1, 0.15) is 60.3 Å². The largest absolute Gasteiger partial charge is 0.507 e. The van der Waals surface area contributed by atoms with Gasteiger partial charge >= 0.3 is 5.63 Å². The molecule has 0 radical (unpaired) electrons. The van der Waals surface area contributed by atoms with Crippen molar-refractivity contribution in [3.05, 3.63) is 72.6 Å². The lowest BCUT2D eigenvalue weighted by atomic mass is 9.92. The number of thiophene rings is 2. The molecule has 0 aliphatic rings. The van der Waals surface area contributed by atoms with Gasteiger partial charge in [0.05, 0.1) is 5.56 Å². The summed E-state index contributed by atoms with van der Waals surface area (Å²) in [5.74, 6) is 0.586. The van der Waals surface area contributed by atoms with E-state index in [2.05, 4.69) is 18.4 Å². The molecule has 0 aliphatic heterocycles. The third-order valence-electron chi connectivity index (χ3n) is 4.59. The maximum atomic E-state index is 12.7. The van der Waals surface area contributed by atoms with Crippen LogP contribution in [0.2, 0.25) is 0 Å². The first kappa shape index (κ1) is 18.0. The second-order valence-corrected chi connectivity index (χ2v) is 7.91. The molecule has 2 unspecified atom stereocenters. The Bertz CT molecular complexity index is 848. The van der Waals surface area contributed by atoms with Crippen LogP contribution in [-0.2, 0) is 6.42 Å². The molecule has 0 saturated heterocycles. The summed E-state index contributed by atoms with van der Waals surface area (Å²) < 4.78 is 5.66. The molecule has 3 aromatic heterocycles. The van der Waals surface area contributed by atoms with Crippen molar-refractivity contribution in [2.75, 3.05) is 0 Å². The van der Waals surface area contributed by atoms with Gasteiger partial charge in [-0.2, -0.15) is 11.3 Å². The van der Waals surface area contributed by atoms with Crippen LogP contribution in [0, 0.1) is 0 Å². The Morgan fingerprint density at radius 2 is 2.04 bits per heavy atom. The van der Waals surface area contributed by atoms with E-state index in [1.54, 1.807) is 28.7 Å². The predicted molar refractivity (Wildman–Crippen MR) is 104 cm³/mol. The molecule has 3 aromatic rings. The average molecular weight is 375 g/mol. The maximum Gasteiger partial charge on any atom is 0.343 e. The summed E-state index contributed by atoms with van der Waals surface area (Å²) in [6, 6.07) is 7.69. The van der Waals surface area contributed by atoms with E-state index < -0.39 is 5.63 Å². The number of hydrogen-bond donors (Lipinski definition) is 1. The highest BCUT2D eigenvalue weighted by Gasteiger charge is 2.24. The van der Waals surface area contributed by atoms with Crippen molar-refractivity contribution >= 4 is 22.7 Å². The first-order valence-corrected chi connectivity index (χ1v) is 10.4. The first-order valence-electron chi connectivity index (χ1n) is 8.55. The lowest BCUT2D eigenvalue weighted by Crippen LogP contribution is -2.15. The molecule has 0 saturated carbocycles. The molecular formula is C20H22O3S2. The summed E-state index contributed by atoms with van der Waals surface area (Å²) in [4.78, 5) is 13.7. The van der Waals surface area contributed by atoms with Crippen LogP contribution < -0.4 is 5.63 Å².